The van der Waals surface area contributed by atoms with Crippen molar-refractivity contribution in [1.82, 2.24) is 9.29 Å². The number of nitrogens with zero attached hydrogens (tertiary/aromatic N) is 2. The Kier molecular flexibility index (Phi) is 4.15. The zero-order valence-corrected chi connectivity index (χ0v) is 12.5. The lowest BCUT2D eigenvalue weighted by atomic mass is 10.1. The molecule has 0 aromatic carbocycles. The van der Waals surface area contributed by atoms with Crippen molar-refractivity contribution in [2.24, 2.45) is 0 Å². The molecule has 0 radical (unpaired) electrons. The fraction of sp³-hybridized carbons (Fsp3) is 0.583. The minimum Gasteiger partial charge on any atom is -0.373 e. The van der Waals surface area contributed by atoms with Crippen LogP contribution >= 0.6 is 11.6 Å². The Morgan fingerprint density at radius 2 is 2.21 bits per heavy atom. The second-order valence-corrected chi connectivity index (χ2v) is 7.24. The van der Waals surface area contributed by atoms with Crippen LogP contribution in [0.4, 0.5) is 0 Å². The van der Waals surface area contributed by atoms with Gasteiger partial charge in [0.2, 0.25) is 0 Å². The van der Waals surface area contributed by atoms with E-state index < -0.39 is 15.6 Å². The van der Waals surface area contributed by atoms with Crippen LogP contribution in [0.25, 0.3) is 0 Å². The molecule has 7 heteroatoms. The average Bonchev–Trinajstić information content (AvgIpc) is 2.37. The molecule has 0 amide bonds. The summed E-state index contributed by atoms with van der Waals surface area (Å²) in [6.07, 6.45) is 1.49. The largest absolute Gasteiger partial charge is 0.373 e. The van der Waals surface area contributed by atoms with Crippen molar-refractivity contribution in [3.63, 3.8) is 0 Å². The molecule has 0 saturated carbocycles. The molecule has 5 nitrogen and oxygen atoms in total. The number of hydrogen-bond donors (Lipinski definition) is 0. The Morgan fingerprint density at radius 1 is 1.47 bits per heavy atom. The minimum atomic E-state index is -3.56. The molecule has 0 atom stereocenters. The lowest BCUT2D eigenvalue weighted by Gasteiger charge is -2.37. The van der Waals surface area contributed by atoms with Gasteiger partial charge >= 0.3 is 0 Å². The number of alkyl halides is 1. The molecule has 0 unspecified atom stereocenters. The molecule has 2 rings (SSSR count). The summed E-state index contributed by atoms with van der Waals surface area (Å²) in [6.45, 7) is 4.82. The van der Waals surface area contributed by atoms with Gasteiger partial charge in [0.1, 0.15) is 0 Å². The van der Waals surface area contributed by atoms with Crippen molar-refractivity contribution >= 4 is 21.6 Å². The SMILES string of the molecule is CC1(C)CN(S(=O)(=O)c2ccc(CCl)cn2)CCO1. The van der Waals surface area contributed by atoms with Gasteiger partial charge in [-0.25, -0.2) is 13.4 Å². The van der Waals surface area contributed by atoms with Crippen LogP contribution in [0.3, 0.4) is 0 Å². The number of aromatic nitrogens is 1. The van der Waals surface area contributed by atoms with E-state index in [9.17, 15) is 8.42 Å². The summed E-state index contributed by atoms with van der Waals surface area (Å²) in [5.41, 5.74) is 0.324. The van der Waals surface area contributed by atoms with Crippen molar-refractivity contribution in [1.29, 1.82) is 0 Å². The molecule has 1 aromatic rings. The Morgan fingerprint density at radius 3 is 2.74 bits per heavy atom. The van der Waals surface area contributed by atoms with Gasteiger partial charge in [0.05, 0.1) is 12.2 Å². The van der Waals surface area contributed by atoms with Crippen molar-refractivity contribution in [3.05, 3.63) is 23.9 Å². The van der Waals surface area contributed by atoms with Crippen molar-refractivity contribution in [3.8, 4) is 0 Å². The van der Waals surface area contributed by atoms with Gasteiger partial charge in [-0.15, -0.1) is 11.6 Å². The summed E-state index contributed by atoms with van der Waals surface area (Å²) in [5.74, 6) is 0.317. The molecule has 1 saturated heterocycles. The first kappa shape index (κ1) is 14.7. The maximum atomic E-state index is 12.4. The lowest BCUT2D eigenvalue weighted by molar-refractivity contribution is -0.0640. The van der Waals surface area contributed by atoms with E-state index in [0.29, 0.717) is 25.6 Å². The lowest BCUT2D eigenvalue weighted by Crippen LogP contribution is -2.50. The highest BCUT2D eigenvalue weighted by atomic mass is 35.5. The molecule has 0 aliphatic carbocycles. The highest BCUT2D eigenvalue weighted by Crippen LogP contribution is 2.22. The van der Waals surface area contributed by atoms with E-state index in [2.05, 4.69) is 4.98 Å². The number of pyridine rings is 1. The van der Waals surface area contributed by atoms with Crippen molar-refractivity contribution < 1.29 is 13.2 Å². The number of hydrogen-bond acceptors (Lipinski definition) is 4. The Bertz CT molecular complexity index is 543. The molecule has 1 fully saturated rings. The third-order valence-corrected chi connectivity index (χ3v) is 5.02. The zero-order chi connectivity index (χ0) is 14.1. The predicted octanol–water partition coefficient (Wildman–Crippen LogP) is 1.62. The van der Waals surface area contributed by atoms with Gasteiger partial charge in [-0.3, -0.25) is 0 Å². The third kappa shape index (κ3) is 3.25. The van der Waals surface area contributed by atoms with Crippen LogP contribution in [0.1, 0.15) is 19.4 Å². The normalized spacial score (nSPS) is 20.4. The molecule has 0 spiro atoms. The number of morpholine rings is 1. The molecular weight excluding hydrogens is 288 g/mol. The van der Waals surface area contributed by atoms with Crippen LogP contribution in [0.5, 0.6) is 0 Å². The first-order chi connectivity index (χ1) is 8.85. The topological polar surface area (TPSA) is 59.5 Å². The van der Waals surface area contributed by atoms with Crippen LogP contribution in [0.15, 0.2) is 23.4 Å². The molecule has 106 valence electrons. The van der Waals surface area contributed by atoms with Gasteiger partial charge in [0, 0.05) is 25.2 Å². The van der Waals surface area contributed by atoms with Crippen LogP contribution in [-0.2, 0) is 20.6 Å². The highest BCUT2D eigenvalue weighted by molar-refractivity contribution is 7.89. The second kappa shape index (κ2) is 5.36. The van der Waals surface area contributed by atoms with E-state index in [0.717, 1.165) is 5.56 Å². The van der Waals surface area contributed by atoms with Crippen LogP contribution in [-0.4, -0.2) is 43.0 Å². The maximum absolute atomic E-state index is 12.4. The number of halogens is 1. The smallest absolute Gasteiger partial charge is 0.260 e. The summed E-state index contributed by atoms with van der Waals surface area (Å²) in [4.78, 5) is 3.99. The molecule has 1 aliphatic rings. The van der Waals surface area contributed by atoms with Gasteiger partial charge in [0.25, 0.3) is 10.0 Å². The van der Waals surface area contributed by atoms with Gasteiger partial charge in [-0.05, 0) is 25.5 Å². The van der Waals surface area contributed by atoms with Crippen molar-refractivity contribution in [2.75, 3.05) is 19.7 Å². The standard InChI is InChI=1S/C12H17ClN2O3S/c1-12(2)9-15(5-6-18-12)19(16,17)11-4-3-10(7-13)8-14-11/h3-4,8H,5-7,9H2,1-2H3. The zero-order valence-electron chi connectivity index (χ0n) is 11.0. The molecular formula is C12H17ClN2O3S. The molecule has 19 heavy (non-hydrogen) atoms. The van der Waals surface area contributed by atoms with E-state index >= 15 is 0 Å². The average molecular weight is 305 g/mol. The molecule has 1 aromatic heterocycles. The first-order valence-corrected chi connectivity index (χ1v) is 7.98. The summed E-state index contributed by atoms with van der Waals surface area (Å²) in [7, 11) is -3.56. The quantitative estimate of drug-likeness (QED) is 0.796. The second-order valence-electron chi connectivity index (χ2n) is 5.09. The molecule has 2 heterocycles. The van der Waals surface area contributed by atoms with Crippen LogP contribution in [0, 0.1) is 0 Å². The molecule has 0 N–H and O–H groups in total. The van der Waals surface area contributed by atoms with Crippen LogP contribution < -0.4 is 0 Å². The van der Waals surface area contributed by atoms with Gasteiger partial charge in [0.15, 0.2) is 5.03 Å². The molecule has 0 bridgehead atoms. The number of rotatable bonds is 3. The van der Waals surface area contributed by atoms with Gasteiger partial charge < -0.3 is 4.74 Å². The number of ether oxygens (including phenoxy) is 1. The maximum Gasteiger partial charge on any atom is 0.260 e. The Balaban J connectivity index is 2.26. The predicted molar refractivity (Wildman–Crippen MR) is 72.6 cm³/mol. The highest BCUT2D eigenvalue weighted by Gasteiger charge is 2.35. The van der Waals surface area contributed by atoms with E-state index in [1.807, 2.05) is 13.8 Å². The summed E-state index contributed by atoms with van der Waals surface area (Å²) in [5, 5.41) is 0.0547. The van der Waals surface area contributed by atoms with E-state index in [-0.39, 0.29) is 5.03 Å². The first-order valence-electron chi connectivity index (χ1n) is 6.00. The van der Waals surface area contributed by atoms with E-state index in [1.165, 1.54) is 16.6 Å². The number of sulfonamides is 1. The van der Waals surface area contributed by atoms with Crippen LogP contribution in [0.2, 0.25) is 0 Å². The van der Waals surface area contributed by atoms with E-state index in [4.69, 9.17) is 16.3 Å². The summed E-state index contributed by atoms with van der Waals surface area (Å²) < 4.78 is 31.8. The van der Waals surface area contributed by atoms with Gasteiger partial charge in [-0.2, -0.15) is 4.31 Å². The minimum absolute atomic E-state index is 0.0547. The molecule has 1 aliphatic heterocycles. The van der Waals surface area contributed by atoms with Crippen molar-refractivity contribution in [2.45, 2.75) is 30.4 Å². The Labute approximate surface area is 118 Å². The van der Waals surface area contributed by atoms with Gasteiger partial charge in [-0.1, -0.05) is 6.07 Å². The fourth-order valence-electron chi connectivity index (χ4n) is 1.95. The monoisotopic (exact) mass is 304 g/mol. The Hall–Kier alpha value is -0.690. The van der Waals surface area contributed by atoms with E-state index in [1.54, 1.807) is 6.07 Å². The third-order valence-electron chi connectivity index (χ3n) is 2.95. The summed E-state index contributed by atoms with van der Waals surface area (Å²) >= 11 is 5.66. The summed E-state index contributed by atoms with van der Waals surface area (Å²) in [6, 6.07) is 3.17. The fourth-order valence-corrected chi connectivity index (χ4v) is 3.60.